The highest BCUT2D eigenvalue weighted by Gasteiger charge is 2.22. The van der Waals surface area contributed by atoms with E-state index in [1.54, 1.807) is 24.3 Å². The quantitative estimate of drug-likeness (QED) is 0.103. The third-order valence-corrected chi connectivity index (χ3v) is 6.86. The van der Waals surface area contributed by atoms with Gasteiger partial charge in [0, 0.05) is 40.9 Å². The third-order valence-electron chi connectivity index (χ3n) is 6.86. The molecule has 0 fully saturated rings. The smallest absolute Gasteiger partial charge is 0.328 e. The van der Waals surface area contributed by atoms with Gasteiger partial charge in [-0.15, -0.1) is 0 Å². The Labute approximate surface area is 239 Å². The predicted molar refractivity (Wildman–Crippen MR) is 164 cm³/mol. The second kappa shape index (κ2) is 13.3. The molecule has 0 saturated heterocycles. The fourth-order valence-corrected chi connectivity index (χ4v) is 4.77. The van der Waals surface area contributed by atoms with Crippen molar-refractivity contribution in [3.05, 3.63) is 138 Å². The summed E-state index contributed by atoms with van der Waals surface area (Å²) in [6, 6.07) is 37.8. The van der Waals surface area contributed by atoms with Gasteiger partial charge in [-0.2, -0.15) is 0 Å². The molecule has 5 rings (SSSR count). The van der Waals surface area contributed by atoms with Crippen LogP contribution in [-0.2, 0) is 16.0 Å². The first kappa shape index (κ1) is 27.5. The van der Waals surface area contributed by atoms with Crippen LogP contribution in [0.2, 0.25) is 0 Å². The summed E-state index contributed by atoms with van der Waals surface area (Å²) in [6.45, 7) is 1.16. The largest absolute Gasteiger partial charge is 0.492 e. The van der Waals surface area contributed by atoms with Gasteiger partial charge in [-0.25, -0.2) is 4.79 Å². The van der Waals surface area contributed by atoms with Crippen LogP contribution in [-0.4, -0.2) is 38.1 Å². The van der Waals surface area contributed by atoms with Gasteiger partial charge in [0.15, 0.2) is 5.78 Å². The Kier molecular flexibility index (Phi) is 8.91. The van der Waals surface area contributed by atoms with E-state index in [0.29, 0.717) is 36.4 Å². The second-order valence-corrected chi connectivity index (χ2v) is 9.61. The summed E-state index contributed by atoms with van der Waals surface area (Å²) in [4.78, 5) is 25.9. The Morgan fingerprint density at radius 1 is 0.732 bits per heavy atom. The van der Waals surface area contributed by atoms with Crippen LogP contribution in [0.3, 0.4) is 0 Å². The lowest BCUT2D eigenvalue weighted by molar-refractivity contribution is -0.141. The van der Waals surface area contributed by atoms with E-state index >= 15 is 0 Å². The SMILES string of the molecule is COC(=O)C(Cc1ccc(OCCNc2cccc3ccccc23)cc1)Nc1ccccc1C(=O)c1ccccc1. The molecule has 0 aliphatic rings. The average Bonchev–Trinajstić information content (AvgIpc) is 3.03. The van der Waals surface area contributed by atoms with Crippen molar-refractivity contribution in [1.82, 2.24) is 0 Å². The molecule has 2 N–H and O–H groups in total. The van der Waals surface area contributed by atoms with Crippen LogP contribution in [0.25, 0.3) is 10.8 Å². The lowest BCUT2D eigenvalue weighted by Gasteiger charge is -2.20. The number of ether oxygens (including phenoxy) is 2. The molecule has 206 valence electrons. The first-order valence-electron chi connectivity index (χ1n) is 13.6. The monoisotopic (exact) mass is 544 g/mol. The van der Waals surface area contributed by atoms with E-state index in [1.165, 1.54) is 17.9 Å². The summed E-state index contributed by atoms with van der Waals surface area (Å²) in [7, 11) is 1.36. The van der Waals surface area contributed by atoms with Gasteiger partial charge < -0.3 is 20.1 Å². The van der Waals surface area contributed by atoms with Gasteiger partial charge in [-0.3, -0.25) is 4.79 Å². The van der Waals surface area contributed by atoms with E-state index in [-0.39, 0.29) is 5.78 Å². The summed E-state index contributed by atoms with van der Waals surface area (Å²) in [5.41, 5.74) is 3.67. The summed E-state index contributed by atoms with van der Waals surface area (Å²) >= 11 is 0. The van der Waals surface area contributed by atoms with Crippen LogP contribution in [0.15, 0.2) is 121 Å². The average molecular weight is 545 g/mol. The second-order valence-electron chi connectivity index (χ2n) is 9.61. The number of hydrogen-bond acceptors (Lipinski definition) is 6. The summed E-state index contributed by atoms with van der Waals surface area (Å²) in [5.74, 6) is 0.218. The standard InChI is InChI=1S/C35H32N2O4/c1-40-35(39)33(37-32-16-8-7-15-30(32)34(38)27-11-3-2-4-12-27)24-25-18-20-28(21-19-25)41-23-22-36-31-17-9-13-26-10-5-6-14-29(26)31/h2-21,33,36-37H,22-24H2,1H3. The fraction of sp³-hybridized carbons (Fsp3) is 0.143. The number of para-hydroxylation sites is 1. The number of rotatable bonds is 12. The molecule has 6 heteroatoms. The number of nitrogens with one attached hydrogen (secondary N) is 2. The first-order chi connectivity index (χ1) is 20.1. The van der Waals surface area contributed by atoms with Crippen molar-refractivity contribution in [2.45, 2.75) is 12.5 Å². The van der Waals surface area contributed by atoms with Gasteiger partial charge in [0.1, 0.15) is 18.4 Å². The maximum absolute atomic E-state index is 13.2. The van der Waals surface area contributed by atoms with Crippen molar-refractivity contribution in [2.24, 2.45) is 0 Å². The van der Waals surface area contributed by atoms with Crippen molar-refractivity contribution in [3.63, 3.8) is 0 Å². The van der Waals surface area contributed by atoms with Crippen LogP contribution in [0, 0.1) is 0 Å². The van der Waals surface area contributed by atoms with Crippen LogP contribution in [0.4, 0.5) is 11.4 Å². The summed E-state index contributed by atoms with van der Waals surface area (Å²) < 4.78 is 11.0. The Balaban J connectivity index is 1.20. The molecule has 0 heterocycles. The van der Waals surface area contributed by atoms with Crippen LogP contribution in [0.5, 0.6) is 5.75 Å². The van der Waals surface area contributed by atoms with Gasteiger partial charge in [0.05, 0.1) is 7.11 Å². The number of benzene rings is 5. The molecule has 0 spiro atoms. The number of ketones is 1. The minimum Gasteiger partial charge on any atom is -0.492 e. The Morgan fingerprint density at radius 2 is 1.41 bits per heavy atom. The zero-order chi connectivity index (χ0) is 28.4. The highest BCUT2D eigenvalue weighted by molar-refractivity contribution is 6.12. The van der Waals surface area contributed by atoms with Gasteiger partial charge >= 0.3 is 5.97 Å². The van der Waals surface area contributed by atoms with Crippen molar-refractivity contribution < 1.29 is 19.1 Å². The van der Waals surface area contributed by atoms with Crippen LogP contribution in [0.1, 0.15) is 21.5 Å². The van der Waals surface area contributed by atoms with Gasteiger partial charge in [-0.05, 0) is 41.3 Å². The number of carbonyl (C=O) groups excluding carboxylic acids is 2. The summed E-state index contributed by atoms with van der Waals surface area (Å²) in [6.07, 6.45) is 0.378. The molecule has 0 aromatic heterocycles. The molecule has 1 unspecified atom stereocenters. The minimum absolute atomic E-state index is 0.117. The number of methoxy groups -OCH3 is 1. The molecular formula is C35H32N2O4. The summed E-state index contributed by atoms with van der Waals surface area (Å²) in [5, 5.41) is 9.07. The Hall–Kier alpha value is -5.10. The van der Waals surface area contributed by atoms with Crippen molar-refractivity contribution in [1.29, 1.82) is 0 Å². The molecule has 0 bridgehead atoms. The first-order valence-corrected chi connectivity index (χ1v) is 13.6. The lowest BCUT2D eigenvalue weighted by Crippen LogP contribution is -2.33. The molecule has 41 heavy (non-hydrogen) atoms. The van der Waals surface area contributed by atoms with E-state index < -0.39 is 12.0 Å². The van der Waals surface area contributed by atoms with E-state index in [9.17, 15) is 9.59 Å². The van der Waals surface area contributed by atoms with Gasteiger partial charge in [-0.1, -0.05) is 91.0 Å². The predicted octanol–water partition coefficient (Wildman–Crippen LogP) is 6.76. The Bertz CT molecular complexity index is 1610. The zero-order valence-corrected chi connectivity index (χ0v) is 22.9. The molecule has 0 aliphatic carbocycles. The molecule has 5 aromatic carbocycles. The van der Waals surface area contributed by atoms with Crippen LogP contribution >= 0.6 is 0 Å². The lowest BCUT2D eigenvalue weighted by atomic mass is 10.00. The van der Waals surface area contributed by atoms with E-state index in [1.807, 2.05) is 72.8 Å². The number of fused-ring (bicyclic) bond motifs is 1. The maximum Gasteiger partial charge on any atom is 0.328 e. The molecule has 1 atom stereocenters. The molecule has 5 aromatic rings. The van der Waals surface area contributed by atoms with E-state index in [4.69, 9.17) is 9.47 Å². The zero-order valence-electron chi connectivity index (χ0n) is 22.9. The molecule has 0 saturated carbocycles. The number of anilines is 2. The highest BCUT2D eigenvalue weighted by atomic mass is 16.5. The van der Waals surface area contributed by atoms with E-state index in [2.05, 4.69) is 34.9 Å². The van der Waals surface area contributed by atoms with Crippen LogP contribution < -0.4 is 15.4 Å². The maximum atomic E-state index is 13.2. The topological polar surface area (TPSA) is 76.7 Å². The number of esters is 1. The highest BCUT2D eigenvalue weighted by Crippen LogP contribution is 2.24. The number of hydrogen-bond donors (Lipinski definition) is 2. The van der Waals surface area contributed by atoms with Crippen molar-refractivity contribution in [3.8, 4) is 5.75 Å². The van der Waals surface area contributed by atoms with E-state index in [0.717, 1.165) is 17.0 Å². The normalized spacial score (nSPS) is 11.4. The van der Waals surface area contributed by atoms with Gasteiger partial charge in [0.2, 0.25) is 0 Å². The molecular weight excluding hydrogens is 512 g/mol. The third kappa shape index (κ3) is 6.92. The number of carbonyl (C=O) groups is 2. The molecule has 0 radical (unpaired) electrons. The van der Waals surface area contributed by atoms with Crippen molar-refractivity contribution >= 4 is 33.9 Å². The minimum atomic E-state index is -0.679. The molecule has 0 amide bonds. The molecule has 6 nitrogen and oxygen atoms in total. The van der Waals surface area contributed by atoms with Gasteiger partial charge in [0.25, 0.3) is 0 Å². The van der Waals surface area contributed by atoms with Crippen molar-refractivity contribution in [2.75, 3.05) is 30.9 Å². The Morgan fingerprint density at radius 3 is 2.22 bits per heavy atom. The molecule has 0 aliphatic heterocycles. The fourth-order valence-electron chi connectivity index (χ4n) is 4.77.